The first-order valence-corrected chi connectivity index (χ1v) is 9.25. The summed E-state index contributed by atoms with van der Waals surface area (Å²) in [6, 6.07) is 2.95. The van der Waals surface area contributed by atoms with Crippen molar-refractivity contribution < 1.29 is 17.9 Å². The Morgan fingerprint density at radius 2 is 1.86 bits per heavy atom. The number of carbonyl (C=O) groups excluding carboxylic acids is 1. The third-order valence-corrected chi connectivity index (χ3v) is 5.48. The minimum absolute atomic E-state index is 0.0180. The summed E-state index contributed by atoms with van der Waals surface area (Å²) >= 11 is 6.71. The minimum atomic E-state index is -3.65. The first kappa shape index (κ1) is 19.2. The highest BCUT2D eigenvalue weighted by Crippen LogP contribution is 2.25. The molecule has 1 heterocycles. The predicted molar refractivity (Wildman–Crippen MR) is 88.0 cm³/mol. The van der Waals surface area contributed by atoms with Gasteiger partial charge in [0.05, 0.1) is 9.88 Å². The molecule has 126 valence electrons. The molecule has 0 saturated heterocycles. The molecule has 0 fully saturated rings. The van der Waals surface area contributed by atoms with E-state index in [1.165, 1.54) is 12.1 Å². The maximum atomic E-state index is 12.1. The number of carbonyl (C=O) groups is 1. The number of rotatable bonds is 5. The highest BCUT2D eigenvalue weighted by atomic mass is 35.5. The van der Waals surface area contributed by atoms with Crippen LogP contribution in [0.25, 0.3) is 0 Å². The zero-order chi connectivity index (χ0) is 17.2. The van der Waals surface area contributed by atoms with Crippen molar-refractivity contribution in [3.8, 4) is 0 Å². The number of sulfonamides is 1. The lowest BCUT2D eigenvalue weighted by molar-refractivity contribution is 0.0474. The van der Waals surface area contributed by atoms with Crippen LogP contribution in [0, 0.1) is 0 Å². The molecule has 1 rings (SSSR count). The molecule has 0 bridgehead atoms. The number of hydrogen-bond acceptors (Lipinski definition) is 5. The van der Waals surface area contributed by atoms with Gasteiger partial charge in [-0.3, -0.25) is 0 Å². The minimum Gasteiger partial charge on any atom is -0.444 e. The SMILES string of the molecule is CC(C)(CNS(=O)(=O)c1ccc(Cl)s1)NC(=O)OC(C)(C)C. The molecule has 1 amide bonds. The van der Waals surface area contributed by atoms with Crippen LogP contribution in [0.4, 0.5) is 4.79 Å². The summed E-state index contributed by atoms with van der Waals surface area (Å²) in [7, 11) is -3.65. The largest absolute Gasteiger partial charge is 0.444 e. The Hall–Kier alpha value is -0.830. The van der Waals surface area contributed by atoms with E-state index >= 15 is 0 Å². The molecule has 0 atom stereocenters. The second kappa shape index (κ2) is 6.74. The van der Waals surface area contributed by atoms with Crippen LogP contribution < -0.4 is 10.0 Å². The maximum Gasteiger partial charge on any atom is 0.408 e. The first-order chi connectivity index (χ1) is 9.81. The molecule has 0 aliphatic rings. The quantitative estimate of drug-likeness (QED) is 0.836. The van der Waals surface area contributed by atoms with Gasteiger partial charge in [-0.25, -0.2) is 17.9 Å². The number of alkyl carbamates (subject to hydrolysis) is 1. The molecule has 0 aliphatic heterocycles. The van der Waals surface area contributed by atoms with Gasteiger partial charge >= 0.3 is 6.09 Å². The van der Waals surface area contributed by atoms with E-state index in [-0.39, 0.29) is 10.8 Å². The van der Waals surface area contributed by atoms with Gasteiger partial charge in [-0.15, -0.1) is 11.3 Å². The number of nitrogens with one attached hydrogen (secondary N) is 2. The molecule has 0 saturated carbocycles. The van der Waals surface area contributed by atoms with E-state index in [2.05, 4.69) is 10.0 Å². The van der Waals surface area contributed by atoms with Crippen molar-refractivity contribution in [2.75, 3.05) is 6.54 Å². The molecule has 2 N–H and O–H groups in total. The monoisotopic (exact) mass is 368 g/mol. The van der Waals surface area contributed by atoms with Crippen LogP contribution in [0.5, 0.6) is 0 Å². The molecule has 0 spiro atoms. The second-order valence-electron chi connectivity index (χ2n) is 6.39. The van der Waals surface area contributed by atoms with Gasteiger partial charge in [0.1, 0.15) is 9.81 Å². The third-order valence-electron chi connectivity index (χ3n) is 2.36. The average Bonchev–Trinajstić information content (AvgIpc) is 2.71. The van der Waals surface area contributed by atoms with Crippen LogP contribution in [0.3, 0.4) is 0 Å². The number of ether oxygens (including phenoxy) is 1. The molecule has 1 aromatic heterocycles. The summed E-state index contributed by atoms with van der Waals surface area (Å²) in [4.78, 5) is 11.7. The Balaban J connectivity index is 2.64. The van der Waals surface area contributed by atoms with Crippen molar-refractivity contribution in [2.45, 2.75) is 50.0 Å². The fourth-order valence-electron chi connectivity index (χ4n) is 1.41. The highest BCUT2D eigenvalue weighted by Gasteiger charge is 2.27. The predicted octanol–water partition coefficient (Wildman–Crippen LogP) is 2.98. The van der Waals surface area contributed by atoms with Gasteiger partial charge < -0.3 is 10.1 Å². The summed E-state index contributed by atoms with van der Waals surface area (Å²) in [5.74, 6) is 0. The topological polar surface area (TPSA) is 84.5 Å². The highest BCUT2D eigenvalue weighted by molar-refractivity contribution is 7.91. The van der Waals surface area contributed by atoms with Gasteiger partial charge in [-0.1, -0.05) is 11.6 Å². The number of halogens is 1. The van der Waals surface area contributed by atoms with E-state index in [1.807, 2.05) is 0 Å². The van der Waals surface area contributed by atoms with E-state index in [0.717, 1.165) is 11.3 Å². The van der Waals surface area contributed by atoms with Crippen LogP contribution >= 0.6 is 22.9 Å². The molecular formula is C13H21ClN2O4S2. The van der Waals surface area contributed by atoms with Gasteiger partial charge in [-0.2, -0.15) is 0 Å². The van der Waals surface area contributed by atoms with Crippen molar-refractivity contribution in [3.05, 3.63) is 16.5 Å². The normalized spacial score (nSPS) is 13.0. The van der Waals surface area contributed by atoms with E-state index in [0.29, 0.717) is 4.34 Å². The fourth-order valence-corrected chi connectivity index (χ4v) is 4.15. The average molecular weight is 369 g/mol. The van der Waals surface area contributed by atoms with Gasteiger partial charge in [-0.05, 0) is 46.8 Å². The molecule has 0 radical (unpaired) electrons. The number of amides is 1. The van der Waals surface area contributed by atoms with Crippen molar-refractivity contribution >= 4 is 39.1 Å². The van der Waals surface area contributed by atoms with Gasteiger partial charge in [0.15, 0.2) is 0 Å². The molecule has 0 unspecified atom stereocenters. The molecule has 9 heteroatoms. The summed E-state index contributed by atoms with van der Waals surface area (Å²) in [5, 5.41) is 2.63. The van der Waals surface area contributed by atoms with Gasteiger partial charge in [0.2, 0.25) is 10.0 Å². The number of thiophene rings is 1. The summed E-state index contributed by atoms with van der Waals surface area (Å²) in [6.07, 6.45) is -0.601. The van der Waals surface area contributed by atoms with Crippen LogP contribution in [-0.4, -0.2) is 32.2 Å². The van der Waals surface area contributed by atoms with Crippen LogP contribution in [0.2, 0.25) is 4.34 Å². The van der Waals surface area contributed by atoms with Crippen molar-refractivity contribution in [1.82, 2.24) is 10.0 Å². The van der Waals surface area contributed by atoms with E-state index in [1.54, 1.807) is 34.6 Å². The zero-order valence-electron chi connectivity index (χ0n) is 13.2. The molecular weight excluding hydrogens is 348 g/mol. The third kappa shape index (κ3) is 6.51. The smallest absolute Gasteiger partial charge is 0.408 e. The summed E-state index contributed by atoms with van der Waals surface area (Å²) in [6.45, 7) is 8.67. The van der Waals surface area contributed by atoms with Crippen molar-refractivity contribution in [1.29, 1.82) is 0 Å². The number of hydrogen-bond donors (Lipinski definition) is 2. The summed E-state index contributed by atoms with van der Waals surface area (Å²) in [5.41, 5.74) is -1.43. The van der Waals surface area contributed by atoms with E-state index in [9.17, 15) is 13.2 Å². The van der Waals surface area contributed by atoms with Gasteiger partial charge in [0, 0.05) is 6.54 Å². The first-order valence-electron chi connectivity index (χ1n) is 6.57. The Kier molecular flexibility index (Phi) is 5.88. The van der Waals surface area contributed by atoms with E-state index in [4.69, 9.17) is 16.3 Å². The standard InChI is InChI=1S/C13H21ClN2O4S2/c1-12(2,3)20-11(17)16-13(4,5)8-15-22(18,19)10-7-6-9(14)21-10/h6-7,15H,8H2,1-5H3,(H,16,17). The molecule has 22 heavy (non-hydrogen) atoms. The molecule has 6 nitrogen and oxygen atoms in total. The van der Waals surface area contributed by atoms with Gasteiger partial charge in [0.25, 0.3) is 0 Å². The van der Waals surface area contributed by atoms with Crippen molar-refractivity contribution in [3.63, 3.8) is 0 Å². The lowest BCUT2D eigenvalue weighted by Gasteiger charge is -2.28. The van der Waals surface area contributed by atoms with Crippen LogP contribution in [0.15, 0.2) is 16.3 Å². The Morgan fingerprint density at radius 3 is 2.32 bits per heavy atom. The summed E-state index contributed by atoms with van der Waals surface area (Å²) < 4.78 is 32.3. The fraction of sp³-hybridized carbons (Fsp3) is 0.615. The zero-order valence-corrected chi connectivity index (χ0v) is 15.6. The van der Waals surface area contributed by atoms with Crippen LogP contribution in [0.1, 0.15) is 34.6 Å². The lowest BCUT2D eigenvalue weighted by atomic mass is 10.1. The van der Waals surface area contributed by atoms with E-state index < -0.39 is 27.3 Å². The van der Waals surface area contributed by atoms with Crippen LogP contribution in [-0.2, 0) is 14.8 Å². The Bertz CT molecular complexity index is 633. The molecule has 0 aliphatic carbocycles. The molecule has 0 aromatic carbocycles. The lowest BCUT2D eigenvalue weighted by Crippen LogP contribution is -2.52. The molecule has 1 aromatic rings. The maximum absolute atomic E-state index is 12.1. The van der Waals surface area contributed by atoms with Crippen molar-refractivity contribution in [2.24, 2.45) is 0 Å². The Morgan fingerprint density at radius 1 is 1.27 bits per heavy atom. The Labute approximate surface area is 140 Å². The second-order valence-corrected chi connectivity index (χ2v) is 10.1.